The first-order chi connectivity index (χ1) is 7.86. The molecular formula is C14H17ClO. The van der Waals surface area contributed by atoms with E-state index in [4.69, 9.17) is 16.3 Å². The summed E-state index contributed by atoms with van der Waals surface area (Å²) in [5.41, 5.74) is 4.17. The van der Waals surface area contributed by atoms with Crippen LogP contribution in [0.3, 0.4) is 0 Å². The number of alkyl halides is 1. The number of methoxy groups -OCH3 is 1. The first-order valence-electron chi connectivity index (χ1n) is 5.78. The summed E-state index contributed by atoms with van der Waals surface area (Å²) >= 11 is 5.70. The van der Waals surface area contributed by atoms with E-state index in [1.807, 2.05) is 6.07 Å². The van der Waals surface area contributed by atoms with Crippen molar-refractivity contribution in [3.8, 4) is 5.75 Å². The van der Waals surface area contributed by atoms with Crippen LogP contribution >= 0.6 is 11.6 Å². The summed E-state index contributed by atoms with van der Waals surface area (Å²) in [5, 5.41) is 0. The van der Waals surface area contributed by atoms with E-state index in [0.29, 0.717) is 0 Å². The Labute approximate surface area is 102 Å². The van der Waals surface area contributed by atoms with Crippen LogP contribution in [0, 0.1) is 0 Å². The van der Waals surface area contributed by atoms with Gasteiger partial charge in [-0.15, -0.1) is 11.6 Å². The normalized spacial score (nSPS) is 13.5. The predicted molar refractivity (Wildman–Crippen MR) is 69.2 cm³/mol. The number of fused-ring (bicyclic) bond motifs is 1. The van der Waals surface area contributed by atoms with E-state index in [1.165, 1.54) is 23.1 Å². The Morgan fingerprint density at radius 2 is 2.19 bits per heavy atom. The highest BCUT2D eigenvalue weighted by Crippen LogP contribution is 2.36. The molecule has 0 amide bonds. The van der Waals surface area contributed by atoms with Gasteiger partial charge in [0.05, 0.1) is 7.11 Å². The van der Waals surface area contributed by atoms with Gasteiger partial charge in [0.2, 0.25) is 0 Å². The molecule has 0 bridgehead atoms. The van der Waals surface area contributed by atoms with Crippen LogP contribution in [-0.2, 0) is 6.42 Å². The summed E-state index contributed by atoms with van der Waals surface area (Å²) in [6.07, 6.45) is 6.73. The second-order valence-electron chi connectivity index (χ2n) is 4.07. The number of ether oxygens (including phenoxy) is 1. The average molecular weight is 237 g/mol. The standard InChI is InChI=1S/C14H17ClO/c1-16-14-7-4-6-12-11(5-2-3-10-15)8-9-13(12)14/h4,6-8H,2-3,5,9-10H2,1H3. The molecule has 0 spiro atoms. The molecule has 86 valence electrons. The van der Waals surface area contributed by atoms with Crippen LogP contribution in [0.5, 0.6) is 5.75 Å². The molecule has 1 aromatic rings. The minimum absolute atomic E-state index is 0.762. The van der Waals surface area contributed by atoms with Gasteiger partial charge in [0.1, 0.15) is 5.75 Å². The highest BCUT2D eigenvalue weighted by Gasteiger charge is 2.16. The van der Waals surface area contributed by atoms with Crippen molar-refractivity contribution >= 4 is 17.2 Å². The second kappa shape index (κ2) is 5.40. The van der Waals surface area contributed by atoms with Crippen molar-refractivity contribution in [3.05, 3.63) is 35.4 Å². The fourth-order valence-corrected chi connectivity index (χ4v) is 2.44. The van der Waals surface area contributed by atoms with Crippen LogP contribution in [0.1, 0.15) is 30.4 Å². The molecule has 0 heterocycles. The monoisotopic (exact) mass is 236 g/mol. The molecular weight excluding hydrogens is 220 g/mol. The number of allylic oxidation sites excluding steroid dienone is 2. The SMILES string of the molecule is COc1cccc2c1CC=C2CCCCCl. The van der Waals surface area contributed by atoms with Crippen LogP contribution in [0.2, 0.25) is 0 Å². The summed E-state index contributed by atoms with van der Waals surface area (Å²) < 4.78 is 5.38. The summed E-state index contributed by atoms with van der Waals surface area (Å²) in [4.78, 5) is 0. The maximum atomic E-state index is 5.70. The van der Waals surface area contributed by atoms with E-state index >= 15 is 0 Å². The van der Waals surface area contributed by atoms with Crippen molar-refractivity contribution in [2.75, 3.05) is 13.0 Å². The highest BCUT2D eigenvalue weighted by molar-refractivity contribution is 6.17. The number of rotatable bonds is 5. The molecule has 1 aliphatic carbocycles. The van der Waals surface area contributed by atoms with Gasteiger partial charge in [-0.25, -0.2) is 0 Å². The van der Waals surface area contributed by atoms with E-state index in [0.717, 1.165) is 30.9 Å². The van der Waals surface area contributed by atoms with Crippen molar-refractivity contribution in [3.63, 3.8) is 0 Å². The fourth-order valence-electron chi connectivity index (χ4n) is 2.25. The maximum absolute atomic E-state index is 5.70. The lowest BCUT2D eigenvalue weighted by Crippen LogP contribution is -1.91. The van der Waals surface area contributed by atoms with Gasteiger partial charge in [-0.3, -0.25) is 0 Å². The Morgan fingerprint density at radius 3 is 2.94 bits per heavy atom. The molecule has 0 atom stereocenters. The third-order valence-corrected chi connectivity index (χ3v) is 3.35. The molecule has 0 unspecified atom stereocenters. The molecule has 2 heteroatoms. The third-order valence-electron chi connectivity index (χ3n) is 3.08. The minimum atomic E-state index is 0.762. The number of hydrogen-bond acceptors (Lipinski definition) is 1. The lowest BCUT2D eigenvalue weighted by atomic mass is 10.0. The molecule has 0 saturated heterocycles. The van der Waals surface area contributed by atoms with E-state index in [1.54, 1.807) is 7.11 Å². The van der Waals surface area contributed by atoms with E-state index in [-0.39, 0.29) is 0 Å². The van der Waals surface area contributed by atoms with Gasteiger partial charge in [-0.05, 0) is 42.9 Å². The second-order valence-corrected chi connectivity index (χ2v) is 4.44. The molecule has 0 fully saturated rings. The minimum Gasteiger partial charge on any atom is -0.496 e. The Balaban J connectivity index is 2.12. The molecule has 16 heavy (non-hydrogen) atoms. The zero-order valence-electron chi connectivity index (χ0n) is 9.63. The van der Waals surface area contributed by atoms with E-state index in [9.17, 15) is 0 Å². The van der Waals surface area contributed by atoms with Crippen LogP contribution in [0.4, 0.5) is 0 Å². The van der Waals surface area contributed by atoms with Crippen molar-refractivity contribution in [1.29, 1.82) is 0 Å². The zero-order valence-corrected chi connectivity index (χ0v) is 10.4. The number of halogens is 1. The topological polar surface area (TPSA) is 9.23 Å². The molecule has 1 aliphatic rings. The van der Waals surface area contributed by atoms with Gasteiger partial charge in [-0.2, -0.15) is 0 Å². The first-order valence-corrected chi connectivity index (χ1v) is 6.31. The molecule has 0 radical (unpaired) electrons. The van der Waals surface area contributed by atoms with Gasteiger partial charge in [-0.1, -0.05) is 18.2 Å². The average Bonchev–Trinajstić information content (AvgIpc) is 2.73. The van der Waals surface area contributed by atoms with Crippen LogP contribution in [0.25, 0.3) is 5.57 Å². The van der Waals surface area contributed by atoms with Crippen LogP contribution in [0.15, 0.2) is 24.3 Å². The molecule has 2 rings (SSSR count). The van der Waals surface area contributed by atoms with Crippen molar-refractivity contribution in [1.82, 2.24) is 0 Å². The van der Waals surface area contributed by atoms with Crippen molar-refractivity contribution < 1.29 is 4.74 Å². The lowest BCUT2D eigenvalue weighted by Gasteiger charge is -2.09. The van der Waals surface area contributed by atoms with Gasteiger partial charge in [0, 0.05) is 11.4 Å². The first kappa shape index (κ1) is 11.5. The Morgan fingerprint density at radius 1 is 1.31 bits per heavy atom. The largest absolute Gasteiger partial charge is 0.496 e. The van der Waals surface area contributed by atoms with E-state index < -0.39 is 0 Å². The smallest absolute Gasteiger partial charge is 0.122 e. The number of hydrogen-bond donors (Lipinski definition) is 0. The number of benzene rings is 1. The van der Waals surface area contributed by atoms with Crippen molar-refractivity contribution in [2.45, 2.75) is 25.7 Å². The van der Waals surface area contributed by atoms with Gasteiger partial charge in [0.15, 0.2) is 0 Å². The Bertz CT molecular complexity index is 396. The summed E-state index contributed by atoms with van der Waals surface area (Å²) in [6, 6.07) is 6.30. The molecule has 0 saturated carbocycles. The maximum Gasteiger partial charge on any atom is 0.122 e. The summed E-state index contributed by atoms with van der Waals surface area (Å²) in [6.45, 7) is 0. The highest BCUT2D eigenvalue weighted by atomic mass is 35.5. The molecule has 1 aromatic carbocycles. The molecule has 1 nitrogen and oxygen atoms in total. The zero-order chi connectivity index (χ0) is 11.4. The predicted octanol–water partition coefficient (Wildman–Crippen LogP) is 4.04. The van der Waals surface area contributed by atoms with Crippen LogP contribution < -0.4 is 4.74 Å². The molecule has 0 aliphatic heterocycles. The lowest BCUT2D eigenvalue weighted by molar-refractivity contribution is 0.411. The van der Waals surface area contributed by atoms with Crippen LogP contribution in [-0.4, -0.2) is 13.0 Å². The molecule has 0 aromatic heterocycles. The Hall–Kier alpha value is -0.950. The van der Waals surface area contributed by atoms with E-state index in [2.05, 4.69) is 18.2 Å². The summed E-state index contributed by atoms with van der Waals surface area (Å²) in [7, 11) is 1.74. The van der Waals surface area contributed by atoms with Gasteiger partial charge >= 0.3 is 0 Å². The summed E-state index contributed by atoms with van der Waals surface area (Å²) in [5.74, 6) is 1.78. The van der Waals surface area contributed by atoms with Gasteiger partial charge < -0.3 is 4.74 Å². The quantitative estimate of drug-likeness (QED) is 0.554. The van der Waals surface area contributed by atoms with Gasteiger partial charge in [0.25, 0.3) is 0 Å². The molecule has 0 N–H and O–H groups in total. The Kier molecular flexibility index (Phi) is 3.89. The third kappa shape index (κ3) is 2.25. The fraction of sp³-hybridized carbons (Fsp3) is 0.429. The van der Waals surface area contributed by atoms with Crippen molar-refractivity contribution in [2.24, 2.45) is 0 Å². The number of unbranched alkanes of at least 4 members (excludes halogenated alkanes) is 1.